The number of ether oxygens (including phenoxy) is 9. The highest BCUT2D eigenvalue weighted by Gasteiger charge is 2.64. The highest BCUT2D eigenvalue weighted by Crippen LogP contribution is 2.49. The molecule has 6 amide bonds. The molecule has 3 fully saturated rings. The van der Waals surface area contributed by atoms with Crippen LogP contribution >= 0.6 is 23.4 Å². The molecule has 474 valence electrons. The van der Waals surface area contributed by atoms with Crippen molar-refractivity contribution < 1.29 is 95.7 Å². The third-order valence-corrected chi connectivity index (χ3v) is 16.6. The first kappa shape index (κ1) is 70.2. The molecule has 26 nitrogen and oxygen atoms in total. The third-order valence-electron chi connectivity index (χ3n) is 15.0. The maximum atomic E-state index is 14.4. The quantitative estimate of drug-likeness (QED) is 0.0265. The number of esters is 1. The molecule has 5 N–H and O–H groups in total. The van der Waals surface area contributed by atoms with Crippen molar-refractivity contribution in [3.8, 4) is 5.75 Å². The van der Waals surface area contributed by atoms with E-state index in [9.17, 15) is 48.3 Å². The highest BCUT2D eigenvalue weighted by atomic mass is 35.5. The summed E-state index contributed by atoms with van der Waals surface area (Å²) in [6, 6.07) is 2.34. The van der Waals surface area contributed by atoms with Gasteiger partial charge >= 0.3 is 12.1 Å². The standard InChI is InChI=1S/C57H83ClN6O20S/c1-35-12-9-15-45(76-8)57(74)31-43(82-55(73)61-57)36(2)52-56(4,84-52)46(30-49(69)63(6)41-27-38(26-35)28-42(75-7)51(41)58)83-54(72)37(3)62(5)48(68)16-25-85-44-29-50(70)64(53(44)71)18-10-13-39(65)32-79-23-22-78-20-17-60-47(67)34-80-24-21-77-19-11-14-40(66)33-81-59/h9,12,15,27-28,36-37,43-46,52,74H,10-11,13-14,16-26,29-34,59H2,1-8H3,(H,60,67)(H,61,73)/b15-9+,35-12+/t36?,37-,43-,44?,45+,46-,52-,56-,57-/m0/s1. The van der Waals surface area contributed by atoms with Crippen LogP contribution < -0.4 is 26.2 Å². The van der Waals surface area contributed by atoms with Crippen molar-refractivity contribution >= 4 is 82.2 Å². The minimum atomic E-state index is -1.90. The van der Waals surface area contributed by atoms with Crippen LogP contribution in [0.25, 0.3) is 0 Å². The number of rotatable bonds is 32. The molecule has 0 aliphatic carbocycles. The van der Waals surface area contributed by atoms with E-state index in [-0.39, 0.29) is 126 Å². The number of carbonyl (C=O) groups is 9. The number of nitrogens with zero attached hydrogens (tertiary/aromatic N) is 3. The summed E-state index contributed by atoms with van der Waals surface area (Å²) < 4.78 is 50.8. The van der Waals surface area contributed by atoms with Crippen LogP contribution in [0.5, 0.6) is 5.75 Å². The average Bonchev–Trinajstić information content (AvgIpc) is 2.23. The number of thioether (sulfide) groups is 1. The number of Topliss-reactive ketones (excluding diaryl/α,β-unsaturated/α-hetero) is 2. The Bertz CT molecular complexity index is 2580. The summed E-state index contributed by atoms with van der Waals surface area (Å²) in [5, 5.41) is 16.4. The minimum Gasteiger partial charge on any atom is -0.495 e. The Labute approximate surface area is 504 Å². The number of nitrogens with two attached hydrogens (primary N) is 1. The Morgan fingerprint density at radius 2 is 1.62 bits per heavy atom. The molecule has 9 atom stereocenters. The number of benzene rings is 1. The molecular weight excluding hydrogens is 1160 g/mol. The van der Waals surface area contributed by atoms with Gasteiger partial charge in [-0.25, -0.2) is 15.5 Å². The van der Waals surface area contributed by atoms with E-state index >= 15 is 0 Å². The van der Waals surface area contributed by atoms with Crippen LogP contribution in [0.1, 0.15) is 84.6 Å². The molecule has 0 radical (unpaired) electrons. The zero-order valence-corrected chi connectivity index (χ0v) is 51.3. The van der Waals surface area contributed by atoms with Gasteiger partial charge in [0.1, 0.15) is 60.5 Å². The SMILES string of the molecule is COc1cc2cc(c1Cl)N(C)C(=O)C[C@H](OC(=O)[C@H](C)N(C)C(=O)CCSC1CC(=O)N(CCCC(=O)COCCOCCNC(=O)COCCOCCCC(=O)CON)C1=O)[C@]1(C)O[C@H]1C(C)[C@@H]1C[C@@](O)(NC(=O)O1)[C@H](OC)/C=C/C=C(\C)C2. The van der Waals surface area contributed by atoms with Gasteiger partial charge in [-0.3, -0.25) is 48.6 Å². The molecule has 0 spiro atoms. The summed E-state index contributed by atoms with van der Waals surface area (Å²) in [5.74, 6) is 1.38. The van der Waals surface area contributed by atoms with Gasteiger partial charge in [-0.1, -0.05) is 42.3 Å². The molecular formula is C57H83ClN6O20S. The summed E-state index contributed by atoms with van der Waals surface area (Å²) in [5.41, 5.74) is -1.26. The zero-order chi connectivity index (χ0) is 62.4. The Hall–Kier alpha value is -5.59. The number of hydrogen-bond acceptors (Lipinski definition) is 22. The summed E-state index contributed by atoms with van der Waals surface area (Å²) in [4.78, 5) is 125. The summed E-state index contributed by atoms with van der Waals surface area (Å²) in [6.07, 6.45) is 1.15. The van der Waals surface area contributed by atoms with E-state index in [4.69, 9.17) is 60.1 Å². The predicted molar refractivity (Wildman–Crippen MR) is 308 cm³/mol. The molecule has 3 saturated heterocycles. The van der Waals surface area contributed by atoms with E-state index in [2.05, 4.69) is 15.5 Å². The first-order valence-corrected chi connectivity index (χ1v) is 29.6. The van der Waals surface area contributed by atoms with E-state index in [0.29, 0.717) is 37.3 Å². The van der Waals surface area contributed by atoms with Crippen LogP contribution in [0.3, 0.4) is 0 Å². The lowest BCUT2D eigenvalue weighted by molar-refractivity contribution is -0.162. The Morgan fingerprint density at radius 3 is 2.33 bits per heavy atom. The van der Waals surface area contributed by atoms with Crippen molar-refractivity contribution in [2.75, 3.05) is 112 Å². The number of imide groups is 1. The van der Waals surface area contributed by atoms with E-state index in [1.807, 2.05) is 13.0 Å². The minimum absolute atomic E-state index is 0.0341. The molecule has 85 heavy (non-hydrogen) atoms. The molecule has 4 aliphatic rings. The summed E-state index contributed by atoms with van der Waals surface area (Å²) >= 11 is 7.96. The van der Waals surface area contributed by atoms with Crippen LogP contribution in [-0.4, -0.2) is 222 Å². The second-order valence-corrected chi connectivity index (χ2v) is 23.1. The number of halogens is 1. The van der Waals surface area contributed by atoms with E-state index in [1.54, 1.807) is 38.1 Å². The molecule has 2 unspecified atom stereocenters. The molecule has 4 aliphatic heterocycles. The smallest absolute Gasteiger partial charge is 0.409 e. The number of carbonyl (C=O) groups excluding carboxylic acids is 9. The number of fused-ring (bicyclic) bond motifs is 5. The second-order valence-electron chi connectivity index (χ2n) is 21.4. The predicted octanol–water partition coefficient (Wildman–Crippen LogP) is 2.54. The number of likely N-dealkylation sites (N-methyl/N-ethyl adjacent to an activating group) is 1. The van der Waals surface area contributed by atoms with Gasteiger partial charge in [-0.05, 0) is 57.7 Å². The summed E-state index contributed by atoms with van der Waals surface area (Å²) in [7, 11) is 5.82. The van der Waals surface area contributed by atoms with Crippen molar-refractivity contribution in [2.45, 2.75) is 133 Å². The molecule has 0 aromatic heterocycles. The third kappa shape index (κ3) is 20.8. The van der Waals surface area contributed by atoms with Crippen LogP contribution in [0, 0.1) is 5.92 Å². The maximum absolute atomic E-state index is 14.4. The first-order valence-electron chi connectivity index (χ1n) is 28.2. The Balaban J connectivity index is 1.06. The second kappa shape index (κ2) is 34.1. The number of epoxide rings is 1. The van der Waals surface area contributed by atoms with Crippen molar-refractivity contribution in [3.05, 3.63) is 46.5 Å². The molecule has 28 heteroatoms. The average molecular weight is 1240 g/mol. The lowest BCUT2D eigenvalue weighted by Gasteiger charge is -2.42. The largest absolute Gasteiger partial charge is 0.495 e. The van der Waals surface area contributed by atoms with Gasteiger partial charge in [0.2, 0.25) is 29.5 Å². The van der Waals surface area contributed by atoms with Crippen LogP contribution in [0.2, 0.25) is 5.02 Å². The maximum Gasteiger partial charge on any atom is 0.409 e. The number of aliphatic hydroxyl groups is 1. The summed E-state index contributed by atoms with van der Waals surface area (Å²) in [6.45, 7) is 7.93. The van der Waals surface area contributed by atoms with E-state index < -0.39 is 95.1 Å². The Morgan fingerprint density at radius 1 is 0.941 bits per heavy atom. The molecule has 4 bridgehead atoms. The number of nitrogens with one attached hydrogen (secondary N) is 2. The topological polar surface area (TPSA) is 329 Å². The van der Waals surface area contributed by atoms with E-state index in [0.717, 1.165) is 27.8 Å². The number of anilines is 1. The fourth-order valence-electron chi connectivity index (χ4n) is 9.85. The van der Waals surface area contributed by atoms with E-state index in [1.165, 1.54) is 45.0 Å². The Kier molecular flexibility index (Phi) is 28.1. The highest BCUT2D eigenvalue weighted by molar-refractivity contribution is 8.00. The number of likely N-dealkylation sites (tertiary alicyclic amines) is 1. The van der Waals surface area contributed by atoms with Gasteiger partial charge in [0, 0.05) is 84.7 Å². The first-order chi connectivity index (χ1) is 40.5. The van der Waals surface area contributed by atoms with Crippen LogP contribution in [0.15, 0.2) is 35.9 Å². The van der Waals surface area contributed by atoms with Gasteiger partial charge in [0.05, 0.1) is 63.6 Å². The van der Waals surface area contributed by atoms with Crippen LogP contribution in [-0.2, 0) is 87.5 Å². The lowest BCUT2D eigenvalue weighted by atomic mass is 9.83. The molecule has 1 aromatic carbocycles. The monoisotopic (exact) mass is 1240 g/mol. The molecule has 5 rings (SSSR count). The lowest BCUT2D eigenvalue weighted by Crippen LogP contribution is -2.63. The fourth-order valence-corrected chi connectivity index (χ4v) is 11.3. The fraction of sp³-hybridized carbons (Fsp3) is 0.667. The number of methoxy groups -OCH3 is 2. The molecule has 1 aromatic rings. The number of alkyl carbamates (subject to hydrolysis) is 1. The molecule has 0 saturated carbocycles. The van der Waals surface area contributed by atoms with Crippen LogP contribution in [0.4, 0.5) is 10.5 Å². The number of allylic oxidation sites excluding steroid dienone is 3. The van der Waals surface area contributed by atoms with Gasteiger partial charge in [0.25, 0.3) is 0 Å². The number of ketones is 2. The van der Waals surface area contributed by atoms with Crippen molar-refractivity contribution in [1.29, 1.82) is 0 Å². The number of amides is 6. The normalized spacial score (nSPS) is 25.7. The van der Waals surface area contributed by atoms with Gasteiger partial charge in [0.15, 0.2) is 17.3 Å². The van der Waals surface area contributed by atoms with Crippen molar-refractivity contribution in [1.82, 2.24) is 20.4 Å². The van der Waals surface area contributed by atoms with Gasteiger partial charge < -0.3 is 62.9 Å². The number of hydrogen-bond donors (Lipinski definition) is 4. The van der Waals surface area contributed by atoms with Crippen molar-refractivity contribution in [2.24, 2.45) is 11.8 Å². The van der Waals surface area contributed by atoms with Crippen molar-refractivity contribution in [3.63, 3.8) is 0 Å². The molecule has 4 heterocycles. The van der Waals surface area contributed by atoms with Gasteiger partial charge in [-0.2, -0.15) is 0 Å². The van der Waals surface area contributed by atoms with Gasteiger partial charge in [-0.15, -0.1) is 11.8 Å². The zero-order valence-electron chi connectivity index (χ0n) is 49.7.